The van der Waals surface area contributed by atoms with Crippen LogP contribution in [0.4, 0.5) is 4.39 Å². The van der Waals surface area contributed by atoms with Crippen molar-refractivity contribution in [2.45, 2.75) is 6.92 Å². The van der Waals surface area contributed by atoms with E-state index in [0.29, 0.717) is 11.5 Å². The van der Waals surface area contributed by atoms with Crippen molar-refractivity contribution < 1.29 is 19.0 Å². The van der Waals surface area contributed by atoms with E-state index in [1.165, 1.54) is 12.1 Å². The van der Waals surface area contributed by atoms with Gasteiger partial charge in [-0.05, 0) is 30.7 Å². The number of rotatable bonds is 3. The number of aryl methyl sites for hydroxylation is 1. The molecule has 0 unspecified atom stereocenters. The second-order valence-corrected chi connectivity index (χ2v) is 3.85. The Labute approximate surface area is 104 Å². The normalized spacial score (nSPS) is 10.2. The maximum atomic E-state index is 13.4. The van der Waals surface area contributed by atoms with Crippen LogP contribution >= 0.6 is 0 Å². The molecule has 0 aliphatic rings. The SMILES string of the molecule is COc1cc(Oc2cc(O)ccc2F)ccc1C. The molecule has 0 bridgehead atoms. The standard InChI is InChI=1S/C14H13FO3/c1-9-3-5-11(8-13(9)17-2)18-14-7-10(16)4-6-12(14)15/h3-8,16H,1-2H3. The summed E-state index contributed by atoms with van der Waals surface area (Å²) in [4.78, 5) is 0. The summed E-state index contributed by atoms with van der Waals surface area (Å²) in [5.41, 5.74) is 0.959. The van der Waals surface area contributed by atoms with Crippen molar-refractivity contribution in [1.29, 1.82) is 0 Å². The highest BCUT2D eigenvalue weighted by Crippen LogP contribution is 2.31. The minimum absolute atomic E-state index is 0.0269. The molecule has 0 saturated carbocycles. The number of halogens is 1. The second kappa shape index (κ2) is 4.96. The number of hydrogen-bond acceptors (Lipinski definition) is 3. The Hall–Kier alpha value is -2.23. The van der Waals surface area contributed by atoms with Gasteiger partial charge in [0.25, 0.3) is 0 Å². The lowest BCUT2D eigenvalue weighted by molar-refractivity contribution is 0.400. The van der Waals surface area contributed by atoms with Crippen LogP contribution in [0, 0.1) is 12.7 Å². The van der Waals surface area contributed by atoms with Crippen LogP contribution in [-0.4, -0.2) is 12.2 Å². The van der Waals surface area contributed by atoms with Crippen molar-refractivity contribution in [3.05, 3.63) is 47.8 Å². The number of ether oxygens (including phenoxy) is 2. The molecule has 0 aliphatic heterocycles. The lowest BCUT2D eigenvalue weighted by atomic mass is 10.2. The fourth-order valence-corrected chi connectivity index (χ4v) is 1.56. The molecule has 0 amide bonds. The number of phenolic OH excluding ortho intramolecular Hbond substituents is 1. The second-order valence-electron chi connectivity index (χ2n) is 3.85. The Morgan fingerprint density at radius 2 is 1.83 bits per heavy atom. The summed E-state index contributed by atoms with van der Waals surface area (Å²) in [5, 5.41) is 9.29. The predicted molar refractivity (Wildman–Crippen MR) is 65.9 cm³/mol. The van der Waals surface area contributed by atoms with E-state index in [4.69, 9.17) is 9.47 Å². The van der Waals surface area contributed by atoms with Crippen molar-refractivity contribution in [2.24, 2.45) is 0 Å². The summed E-state index contributed by atoms with van der Waals surface area (Å²) in [6.07, 6.45) is 0. The topological polar surface area (TPSA) is 38.7 Å². The highest BCUT2D eigenvalue weighted by molar-refractivity contribution is 5.43. The van der Waals surface area contributed by atoms with E-state index in [-0.39, 0.29) is 11.5 Å². The van der Waals surface area contributed by atoms with Gasteiger partial charge in [0.1, 0.15) is 17.2 Å². The number of benzene rings is 2. The zero-order valence-electron chi connectivity index (χ0n) is 10.1. The lowest BCUT2D eigenvalue weighted by Gasteiger charge is -2.10. The molecule has 94 valence electrons. The highest BCUT2D eigenvalue weighted by atomic mass is 19.1. The van der Waals surface area contributed by atoms with Gasteiger partial charge in [-0.25, -0.2) is 4.39 Å². The minimum Gasteiger partial charge on any atom is -0.508 e. The molecule has 0 heterocycles. The first-order valence-electron chi connectivity index (χ1n) is 5.41. The van der Waals surface area contributed by atoms with Crippen molar-refractivity contribution in [2.75, 3.05) is 7.11 Å². The summed E-state index contributed by atoms with van der Waals surface area (Å²) in [6.45, 7) is 1.90. The molecule has 0 atom stereocenters. The Balaban J connectivity index is 2.31. The Morgan fingerprint density at radius 3 is 2.56 bits per heavy atom. The Morgan fingerprint density at radius 1 is 1.06 bits per heavy atom. The molecular formula is C14H13FO3. The number of hydrogen-bond donors (Lipinski definition) is 1. The maximum Gasteiger partial charge on any atom is 0.166 e. The van der Waals surface area contributed by atoms with Crippen molar-refractivity contribution in [3.8, 4) is 23.0 Å². The summed E-state index contributed by atoms with van der Waals surface area (Å²) >= 11 is 0. The predicted octanol–water partition coefficient (Wildman–Crippen LogP) is 3.64. The van der Waals surface area contributed by atoms with E-state index in [9.17, 15) is 9.50 Å². The third-order valence-corrected chi connectivity index (χ3v) is 2.52. The van der Waals surface area contributed by atoms with Crippen LogP contribution in [0.5, 0.6) is 23.0 Å². The van der Waals surface area contributed by atoms with E-state index in [2.05, 4.69) is 0 Å². The Bertz CT molecular complexity index is 567. The highest BCUT2D eigenvalue weighted by Gasteiger charge is 2.07. The first kappa shape index (κ1) is 12.2. The zero-order chi connectivity index (χ0) is 13.1. The van der Waals surface area contributed by atoms with Crippen molar-refractivity contribution in [3.63, 3.8) is 0 Å². The molecule has 0 aromatic heterocycles. The molecule has 0 saturated heterocycles. The summed E-state index contributed by atoms with van der Waals surface area (Å²) < 4.78 is 24.0. The smallest absolute Gasteiger partial charge is 0.166 e. The first-order chi connectivity index (χ1) is 8.60. The van der Waals surface area contributed by atoms with Gasteiger partial charge in [0, 0.05) is 12.1 Å². The molecule has 2 aromatic rings. The summed E-state index contributed by atoms with van der Waals surface area (Å²) in [6, 6.07) is 8.82. The third-order valence-electron chi connectivity index (χ3n) is 2.52. The molecular weight excluding hydrogens is 235 g/mol. The van der Waals surface area contributed by atoms with Gasteiger partial charge < -0.3 is 14.6 Å². The van der Waals surface area contributed by atoms with Gasteiger partial charge in [-0.2, -0.15) is 0 Å². The largest absolute Gasteiger partial charge is 0.508 e. The summed E-state index contributed by atoms with van der Waals surface area (Å²) in [7, 11) is 1.56. The molecule has 2 aromatic carbocycles. The van der Waals surface area contributed by atoms with E-state index in [0.717, 1.165) is 11.6 Å². The van der Waals surface area contributed by atoms with Gasteiger partial charge in [0.05, 0.1) is 7.11 Å². The van der Waals surface area contributed by atoms with Gasteiger partial charge in [0.2, 0.25) is 0 Å². The molecule has 1 N–H and O–H groups in total. The van der Waals surface area contributed by atoms with E-state index in [1.54, 1.807) is 19.2 Å². The van der Waals surface area contributed by atoms with Gasteiger partial charge in [0.15, 0.2) is 11.6 Å². The van der Waals surface area contributed by atoms with Gasteiger partial charge >= 0.3 is 0 Å². The van der Waals surface area contributed by atoms with Crippen LogP contribution in [0.2, 0.25) is 0 Å². The molecule has 0 spiro atoms. The van der Waals surface area contributed by atoms with Gasteiger partial charge in [-0.3, -0.25) is 0 Å². The van der Waals surface area contributed by atoms with E-state index >= 15 is 0 Å². The molecule has 0 radical (unpaired) electrons. The number of aromatic hydroxyl groups is 1. The van der Waals surface area contributed by atoms with Gasteiger partial charge in [-0.1, -0.05) is 6.07 Å². The Kier molecular flexibility index (Phi) is 3.37. The van der Waals surface area contributed by atoms with Crippen molar-refractivity contribution >= 4 is 0 Å². The quantitative estimate of drug-likeness (QED) is 0.901. The molecule has 0 aliphatic carbocycles. The zero-order valence-corrected chi connectivity index (χ0v) is 10.1. The lowest BCUT2D eigenvalue weighted by Crippen LogP contribution is -1.91. The molecule has 18 heavy (non-hydrogen) atoms. The van der Waals surface area contributed by atoms with E-state index in [1.807, 2.05) is 13.0 Å². The molecule has 0 fully saturated rings. The van der Waals surface area contributed by atoms with Crippen LogP contribution in [0.25, 0.3) is 0 Å². The molecule has 4 heteroatoms. The molecule has 3 nitrogen and oxygen atoms in total. The third kappa shape index (κ3) is 2.53. The average molecular weight is 248 g/mol. The van der Waals surface area contributed by atoms with E-state index < -0.39 is 5.82 Å². The van der Waals surface area contributed by atoms with Crippen LogP contribution in [0.15, 0.2) is 36.4 Å². The number of methoxy groups -OCH3 is 1. The monoisotopic (exact) mass is 248 g/mol. The maximum absolute atomic E-state index is 13.4. The minimum atomic E-state index is -0.535. The van der Waals surface area contributed by atoms with Crippen molar-refractivity contribution in [1.82, 2.24) is 0 Å². The molecule has 2 rings (SSSR count). The fourth-order valence-electron chi connectivity index (χ4n) is 1.56. The first-order valence-corrected chi connectivity index (χ1v) is 5.41. The van der Waals surface area contributed by atoms with Crippen LogP contribution in [0.3, 0.4) is 0 Å². The average Bonchev–Trinajstić information content (AvgIpc) is 2.36. The summed E-state index contributed by atoms with van der Waals surface area (Å²) in [5.74, 6) is 0.494. The fraction of sp³-hybridized carbons (Fsp3) is 0.143. The van der Waals surface area contributed by atoms with Crippen LogP contribution in [-0.2, 0) is 0 Å². The van der Waals surface area contributed by atoms with Crippen LogP contribution < -0.4 is 9.47 Å². The van der Waals surface area contributed by atoms with Gasteiger partial charge in [-0.15, -0.1) is 0 Å². The van der Waals surface area contributed by atoms with Crippen LogP contribution in [0.1, 0.15) is 5.56 Å². The number of phenols is 1.